The van der Waals surface area contributed by atoms with Gasteiger partial charge in [-0.3, -0.25) is 0 Å². The van der Waals surface area contributed by atoms with E-state index >= 15 is 0 Å². The van der Waals surface area contributed by atoms with Crippen molar-refractivity contribution in [3.63, 3.8) is 0 Å². The Morgan fingerprint density at radius 1 is 1.44 bits per heavy atom. The summed E-state index contributed by atoms with van der Waals surface area (Å²) < 4.78 is 27.0. The summed E-state index contributed by atoms with van der Waals surface area (Å²) >= 11 is 0. The highest BCUT2D eigenvalue weighted by atomic mass is 32.2. The molecule has 7 heteroatoms. The van der Waals surface area contributed by atoms with Crippen LogP contribution in [0, 0.1) is 0 Å². The van der Waals surface area contributed by atoms with E-state index in [9.17, 15) is 13.5 Å². The number of aromatic nitrogens is 1. The molecule has 18 heavy (non-hydrogen) atoms. The van der Waals surface area contributed by atoms with Crippen molar-refractivity contribution >= 4 is 15.8 Å². The molecule has 1 aromatic rings. The molecule has 1 aliphatic rings. The van der Waals surface area contributed by atoms with E-state index in [1.807, 2.05) is 0 Å². The van der Waals surface area contributed by atoms with E-state index in [4.69, 9.17) is 5.73 Å². The molecule has 1 saturated carbocycles. The molecule has 0 aliphatic heterocycles. The Hall–Kier alpha value is -1.18. The first kappa shape index (κ1) is 13.3. The fourth-order valence-corrected chi connectivity index (χ4v) is 3.85. The first-order valence-electron chi connectivity index (χ1n) is 5.84. The van der Waals surface area contributed by atoms with E-state index in [1.54, 1.807) is 0 Å². The number of aliphatic hydroxyl groups excluding tert-OH is 1. The summed E-state index contributed by atoms with van der Waals surface area (Å²) in [6.45, 7) is -0.202. The second-order valence-corrected chi connectivity index (χ2v) is 6.29. The molecule has 0 aromatic carbocycles. The molecular weight excluding hydrogens is 254 g/mol. The molecule has 1 fully saturated rings. The average molecular weight is 271 g/mol. The fraction of sp³-hybridized carbons (Fsp3) is 0.545. The van der Waals surface area contributed by atoms with Crippen LogP contribution >= 0.6 is 0 Å². The zero-order valence-electron chi connectivity index (χ0n) is 9.96. The first-order valence-corrected chi connectivity index (χ1v) is 7.33. The van der Waals surface area contributed by atoms with Crippen LogP contribution in [0.4, 0.5) is 5.82 Å². The summed E-state index contributed by atoms with van der Waals surface area (Å²) in [5.74, 6) is -0.0314. The van der Waals surface area contributed by atoms with Gasteiger partial charge in [-0.05, 0) is 25.0 Å². The van der Waals surface area contributed by atoms with Crippen molar-refractivity contribution in [1.82, 2.24) is 9.71 Å². The quantitative estimate of drug-likeness (QED) is 0.728. The Morgan fingerprint density at radius 3 is 2.67 bits per heavy atom. The molecule has 0 spiro atoms. The maximum absolute atomic E-state index is 12.2. The summed E-state index contributed by atoms with van der Waals surface area (Å²) in [5, 5.41) is 9.42. The number of anilines is 1. The molecule has 0 bridgehead atoms. The predicted octanol–water partition coefficient (Wildman–Crippen LogP) is 0.247. The van der Waals surface area contributed by atoms with Gasteiger partial charge in [-0.1, -0.05) is 12.8 Å². The number of rotatable bonds is 4. The van der Waals surface area contributed by atoms with Crippen LogP contribution in [0.1, 0.15) is 25.7 Å². The highest BCUT2D eigenvalue weighted by molar-refractivity contribution is 7.89. The van der Waals surface area contributed by atoms with Gasteiger partial charge in [-0.25, -0.2) is 18.1 Å². The molecule has 1 aromatic heterocycles. The molecule has 0 saturated heterocycles. The van der Waals surface area contributed by atoms with Crippen molar-refractivity contribution in [1.29, 1.82) is 0 Å². The number of nitrogens with one attached hydrogen (secondary N) is 1. The highest BCUT2D eigenvalue weighted by Gasteiger charge is 2.38. The number of nitrogen functional groups attached to an aromatic ring is 1. The first-order chi connectivity index (χ1) is 8.49. The summed E-state index contributed by atoms with van der Waals surface area (Å²) in [4.78, 5) is 3.73. The zero-order chi connectivity index (χ0) is 13.2. The van der Waals surface area contributed by atoms with Gasteiger partial charge in [0, 0.05) is 6.20 Å². The minimum atomic E-state index is -3.74. The van der Waals surface area contributed by atoms with Crippen molar-refractivity contribution in [2.24, 2.45) is 0 Å². The summed E-state index contributed by atoms with van der Waals surface area (Å²) in [7, 11) is -3.74. The fourth-order valence-electron chi connectivity index (χ4n) is 2.31. The molecule has 4 N–H and O–H groups in total. The third-order valence-corrected chi connectivity index (χ3v) is 4.93. The predicted molar refractivity (Wildman–Crippen MR) is 67.3 cm³/mol. The number of aliphatic hydroxyl groups is 1. The third kappa shape index (κ3) is 2.47. The molecule has 6 nitrogen and oxygen atoms in total. The van der Waals surface area contributed by atoms with Gasteiger partial charge in [0.1, 0.15) is 10.7 Å². The van der Waals surface area contributed by atoms with Crippen LogP contribution in [0.15, 0.2) is 23.2 Å². The summed E-state index contributed by atoms with van der Waals surface area (Å²) in [6.07, 6.45) is 4.54. The van der Waals surface area contributed by atoms with Crippen molar-refractivity contribution in [2.45, 2.75) is 36.1 Å². The summed E-state index contributed by atoms with van der Waals surface area (Å²) in [5.41, 5.74) is 4.82. The van der Waals surface area contributed by atoms with Crippen LogP contribution in [-0.4, -0.2) is 30.7 Å². The van der Waals surface area contributed by atoms with E-state index in [0.717, 1.165) is 12.8 Å². The van der Waals surface area contributed by atoms with Gasteiger partial charge < -0.3 is 10.8 Å². The lowest BCUT2D eigenvalue weighted by molar-refractivity contribution is 0.185. The topological polar surface area (TPSA) is 105 Å². The second-order valence-electron chi connectivity index (χ2n) is 4.64. The Balaban J connectivity index is 2.30. The zero-order valence-corrected chi connectivity index (χ0v) is 10.8. The molecule has 0 unspecified atom stereocenters. The normalized spacial score (nSPS) is 18.9. The highest BCUT2D eigenvalue weighted by Crippen LogP contribution is 2.31. The summed E-state index contributed by atoms with van der Waals surface area (Å²) in [6, 6.07) is 2.93. The van der Waals surface area contributed by atoms with Crippen LogP contribution in [0.3, 0.4) is 0 Å². The Morgan fingerprint density at radius 2 is 2.11 bits per heavy atom. The monoisotopic (exact) mass is 271 g/mol. The van der Waals surface area contributed by atoms with Gasteiger partial charge in [0.05, 0.1) is 12.1 Å². The van der Waals surface area contributed by atoms with Crippen LogP contribution < -0.4 is 10.5 Å². The Bertz CT molecular complexity index is 524. The van der Waals surface area contributed by atoms with Gasteiger partial charge in [-0.15, -0.1) is 0 Å². The van der Waals surface area contributed by atoms with Crippen LogP contribution in [0.25, 0.3) is 0 Å². The van der Waals surface area contributed by atoms with Crippen molar-refractivity contribution in [3.8, 4) is 0 Å². The van der Waals surface area contributed by atoms with E-state index in [2.05, 4.69) is 9.71 Å². The molecule has 100 valence electrons. The van der Waals surface area contributed by atoms with Crippen LogP contribution in [-0.2, 0) is 10.0 Å². The third-order valence-electron chi connectivity index (χ3n) is 3.30. The van der Waals surface area contributed by atoms with Gasteiger partial charge >= 0.3 is 0 Å². The average Bonchev–Trinajstić information content (AvgIpc) is 2.78. The minimum Gasteiger partial charge on any atom is -0.394 e. The van der Waals surface area contributed by atoms with Crippen molar-refractivity contribution in [2.75, 3.05) is 12.3 Å². The molecular formula is C11H17N3O3S. The standard InChI is InChI=1S/C11H17N3O3S/c12-10-9(4-3-7-13-10)18(16,17)14-11(8-15)5-1-2-6-11/h3-4,7,14-15H,1-2,5-6,8H2,(H2,12,13). The number of nitrogens with two attached hydrogens (primary N) is 1. The van der Waals surface area contributed by atoms with Crippen LogP contribution in [0.2, 0.25) is 0 Å². The molecule has 0 radical (unpaired) electrons. The number of hydrogen-bond acceptors (Lipinski definition) is 5. The molecule has 0 amide bonds. The van der Waals surface area contributed by atoms with E-state index in [-0.39, 0.29) is 17.3 Å². The number of pyridine rings is 1. The Kier molecular flexibility index (Phi) is 3.56. The number of nitrogens with zero attached hydrogens (tertiary/aromatic N) is 1. The number of hydrogen-bond donors (Lipinski definition) is 3. The second kappa shape index (κ2) is 4.83. The Labute approximate surface area is 106 Å². The van der Waals surface area contributed by atoms with Crippen molar-refractivity contribution < 1.29 is 13.5 Å². The van der Waals surface area contributed by atoms with Gasteiger partial charge in [0.2, 0.25) is 10.0 Å². The maximum atomic E-state index is 12.2. The van der Waals surface area contributed by atoms with Crippen molar-refractivity contribution in [3.05, 3.63) is 18.3 Å². The van der Waals surface area contributed by atoms with Gasteiger partial charge in [0.15, 0.2) is 0 Å². The SMILES string of the molecule is Nc1ncccc1S(=O)(=O)NC1(CO)CCCC1. The minimum absolute atomic E-state index is 0.0314. The molecule has 0 atom stereocenters. The molecule has 2 rings (SSSR count). The lowest BCUT2D eigenvalue weighted by Gasteiger charge is -2.27. The number of sulfonamides is 1. The lowest BCUT2D eigenvalue weighted by Crippen LogP contribution is -2.49. The maximum Gasteiger partial charge on any atom is 0.244 e. The largest absolute Gasteiger partial charge is 0.394 e. The van der Waals surface area contributed by atoms with Crippen LogP contribution in [0.5, 0.6) is 0 Å². The van der Waals surface area contributed by atoms with E-state index in [0.29, 0.717) is 12.8 Å². The smallest absolute Gasteiger partial charge is 0.244 e. The lowest BCUT2D eigenvalue weighted by atomic mass is 10.0. The molecule has 1 aliphatic carbocycles. The molecule has 1 heterocycles. The van der Waals surface area contributed by atoms with Gasteiger partial charge in [0.25, 0.3) is 0 Å². The van der Waals surface area contributed by atoms with Gasteiger partial charge in [-0.2, -0.15) is 0 Å². The van der Waals surface area contributed by atoms with E-state index < -0.39 is 15.6 Å². The van der Waals surface area contributed by atoms with E-state index in [1.165, 1.54) is 18.3 Å².